The number of nitrogens with one attached hydrogen (secondary N) is 1. The number of non-ortho nitro benzene ring substituents is 1. The van der Waals surface area contributed by atoms with Gasteiger partial charge in [-0.1, -0.05) is 5.21 Å². The van der Waals surface area contributed by atoms with Gasteiger partial charge in [-0.3, -0.25) is 24.9 Å². The van der Waals surface area contributed by atoms with Crippen molar-refractivity contribution in [1.82, 2.24) is 15.0 Å². The monoisotopic (exact) mass is 278 g/mol. The molecule has 1 aromatic carbocycles. The summed E-state index contributed by atoms with van der Waals surface area (Å²) in [6.45, 7) is 0.843. The third kappa shape index (κ3) is 3.04. The van der Waals surface area contributed by atoms with E-state index in [2.05, 4.69) is 15.6 Å². The Morgan fingerprint density at radius 2 is 2.05 bits per heavy atom. The van der Waals surface area contributed by atoms with Gasteiger partial charge in [0.2, 0.25) is 0 Å². The highest BCUT2D eigenvalue weighted by atomic mass is 16.6. The van der Waals surface area contributed by atoms with Gasteiger partial charge in [0.1, 0.15) is 5.69 Å². The summed E-state index contributed by atoms with van der Waals surface area (Å²) in [6.07, 6.45) is 3.18. The zero-order valence-electron chi connectivity index (χ0n) is 10.2. The van der Waals surface area contributed by atoms with Crippen LogP contribution in [0.3, 0.4) is 0 Å². The maximum atomic E-state index is 10.9. The van der Waals surface area contributed by atoms with Crippen LogP contribution in [0, 0.1) is 20.2 Å². The van der Waals surface area contributed by atoms with Gasteiger partial charge in [-0.05, 0) is 6.07 Å². The number of nitro groups is 2. The van der Waals surface area contributed by atoms with Gasteiger partial charge in [0.25, 0.3) is 11.4 Å². The van der Waals surface area contributed by atoms with Gasteiger partial charge >= 0.3 is 0 Å². The SMILES string of the molecule is O=[N+]([O-])c1ccc(NCCn2ccnn2)c([N+](=O)[O-])c1. The predicted molar refractivity (Wildman–Crippen MR) is 68.3 cm³/mol. The number of hydrogen-bond acceptors (Lipinski definition) is 7. The Morgan fingerprint density at radius 1 is 1.25 bits per heavy atom. The van der Waals surface area contributed by atoms with E-state index in [1.165, 1.54) is 18.3 Å². The first-order valence-electron chi connectivity index (χ1n) is 5.59. The van der Waals surface area contributed by atoms with E-state index in [0.29, 0.717) is 13.1 Å². The molecule has 0 aliphatic carbocycles. The zero-order valence-corrected chi connectivity index (χ0v) is 10.2. The zero-order chi connectivity index (χ0) is 14.5. The Labute approximate surface area is 112 Å². The Bertz CT molecular complexity index is 627. The lowest BCUT2D eigenvalue weighted by Crippen LogP contribution is -2.12. The first-order valence-corrected chi connectivity index (χ1v) is 5.59. The molecule has 0 spiro atoms. The van der Waals surface area contributed by atoms with E-state index >= 15 is 0 Å². The van der Waals surface area contributed by atoms with E-state index < -0.39 is 9.85 Å². The van der Waals surface area contributed by atoms with Gasteiger partial charge in [0.05, 0.1) is 28.7 Å². The third-order valence-electron chi connectivity index (χ3n) is 2.52. The highest BCUT2D eigenvalue weighted by Crippen LogP contribution is 2.28. The van der Waals surface area contributed by atoms with Crippen LogP contribution < -0.4 is 5.32 Å². The van der Waals surface area contributed by atoms with E-state index in [4.69, 9.17) is 0 Å². The van der Waals surface area contributed by atoms with Crippen LogP contribution in [0.5, 0.6) is 0 Å². The smallest absolute Gasteiger partial charge is 0.299 e. The van der Waals surface area contributed by atoms with Crippen LogP contribution in [0.15, 0.2) is 30.6 Å². The number of benzene rings is 1. The molecule has 0 aliphatic rings. The summed E-state index contributed by atoms with van der Waals surface area (Å²) in [5.74, 6) is 0. The van der Waals surface area contributed by atoms with Crippen molar-refractivity contribution in [2.75, 3.05) is 11.9 Å². The molecule has 10 heteroatoms. The molecule has 0 aliphatic heterocycles. The van der Waals surface area contributed by atoms with Crippen molar-refractivity contribution in [3.63, 3.8) is 0 Å². The van der Waals surface area contributed by atoms with Crippen molar-refractivity contribution in [3.8, 4) is 0 Å². The van der Waals surface area contributed by atoms with Crippen LogP contribution in [-0.2, 0) is 6.54 Å². The Hall–Kier alpha value is -3.04. The molecule has 20 heavy (non-hydrogen) atoms. The lowest BCUT2D eigenvalue weighted by molar-refractivity contribution is -0.393. The number of aromatic nitrogens is 3. The van der Waals surface area contributed by atoms with E-state index in [1.54, 1.807) is 10.9 Å². The molecule has 0 fully saturated rings. The van der Waals surface area contributed by atoms with Crippen LogP contribution in [0.1, 0.15) is 0 Å². The second kappa shape index (κ2) is 5.73. The molecule has 10 nitrogen and oxygen atoms in total. The number of hydrogen-bond donors (Lipinski definition) is 1. The normalized spacial score (nSPS) is 10.2. The minimum Gasteiger partial charge on any atom is -0.378 e. The second-order valence-corrected chi connectivity index (χ2v) is 3.81. The number of rotatable bonds is 6. The summed E-state index contributed by atoms with van der Waals surface area (Å²) >= 11 is 0. The molecule has 0 bridgehead atoms. The molecule has 0 unspecified atom stereocenters. The van der Waals surface area contributed by atoms with Gasteiger partial charge in [0, 0.05) is 18.8 Å². The van der Waals surface area contributed by atoms with Crippen molar-refractivity contribution >= 4 is 17.1 Å². The summed E-state index contributed by atoms with van der Waals surface area (Å²) in [5.41, 5.74) is -0.433. The van der Waals surface area contributed by atoms with Crippen LogP contribution in [0.25, 0.3) is 0 Å². The van der Waals surface area contributed by atoms with Crippen molar-refractivity contribution in [2.45, 2.75) is 6.54 Å². The molecule has 2 rings (SSSR count). The van der Waals surface area contributed by atoms with Crippen LogP contribution in [0.2, 0.25) is 0 Å². The molecule has 0 saturated carbocycles. The molecule has 104 valence electrons. The van der Waals surface area contributed by atoms with E-state index in [0.717, 1.165) is 6.07 Å². The number of nitro benzene ring substituents is 2. The summed E-state index contributed by atoms with van der Waals surface area (Å²) in [7, 11) is 0. The first kappa shape index (κ1) is 13.4. The lowest BCUT2D eigenvalue weighted by atomic mass is 10.2. The molecule has 1 aromatic heterocycles. The summed E-state index contributed by atoms with van der Waals surface area (Å²) in [5, 5.41) is 31.7. The first-order chi connectivity index (χ1) is 9.58. The molecule has 2 aromatic rings. The number of nitrogens with zero attached hydrogens (tertiary/aromatic N) is 5. The maximum Gasteiger partial charge on any atom is 0.299 e. The summed E-state index contributed by atoms with van der Waals surface area (Å²) < 4.78 is 1.56. The average Bonchev–Trinajstić information content (AvgIpc) is 2.91. The summed E-state index contributed by atoms with van der Waals surface area (Å²) in [4.78, 5) is 20.2. The topological polar surface area (TPSA) is 129 Å². The molecule has 1 N–H and O–H groups in total. The molecule has 0 radical (unpaired) electrons. The average molecular weight is 278 g/mol. The highest BCUT2D eigenvalue weighted by molar-refractivity contribution is 5.65. The Kier molecular flexibility index (Phi) is 3.84. The van der Waals surface area contributed by atoms with Gasteiger partial charge < -0.3 is 5.32 Å². The fourth-order valence-electron chi connectivity index (χ4n) is 1.59. The molecule has 1 heterocycles. The lowest BCUT2D eigenvalue weighted by Gasteiger charge is -2.06. The van der Waals surface area contributed by atoms with Gasteiger partial charge in [-0.15, -0.1) is 5.10 Å². The Balaban J connectivity index is 2.10. The van der Waals surface area contributed by atoms with Gasteiger partial charge in [0.15, 0.2) is 0 Å². The third-order valence-corrected chi connectivity index (χ3v) is 2.52. The van der Waals surface area contributed by atoms with E-state index in [1.807, 2.05) is 0 Å². The predicted octanol–water partition coefficient (Wildman–Crippen LogP) is 1.21. The van der Waals surface area contributed by atoms with Crippen LogP contribution in [-0.4, -0.2) is 31.4 Å². The van der Waals surface area contributed by atoms with Crippen molar-refractivity contribution in [3.05, 3.63) is 50.8 Å². The van der Waals surface area contributed by atoms with Gasteiger partial charge in [-0.2, -0.15) is 0 Å². The van der Waals surface area contributed by atoms with Crippen molar-refractivity contribution < 1.29 is 9.85 Å². The standard InChI is InChI=1S/C10H10N6O4/c17-15(18)8-1-2-9(10(7-8)16(19)20)11-3-5-14-6-4-12-13-14/h1-2,4,6-7,11H,3,5H2. The maximum absolute atomic E-state index is 10.9. The largest absolute Gasteiger partial charge is 0.378 e. The molecular formula is C10H10N6O4. The highest BCUT2D eigenvalue weighted by Gasteiger charge is 2.18. The molecule has 0 amide bonds. The molecule has 0 saturated heterocycles. The van der Waals surface area contributed by atoms with Crippen molar-refractivity contribution in [1.29, 1.82) is 0 Å². The summed E-state index contributed by atoms with van der Waals surface area (Å²) in [6, 6.07) is 3.46. The fraction of sp³-hybridized carbons (Fsp3) is 0.200. The quantitative estimate of drug-likeness (QED) is 0.620. The van der Waals surface area contributed by atoms with E-state index in [-0.39, 0.29) is 17.1 Å². The van der Waals surface area contributed by atoms with Crippen LogP contribution >= 0.6 is 0 Å². The Morgan fingerprint density at radius 3 is 2.65 bits per heavy atom. The van der Waals surface area contributed by atoms with Gasteiger partial charge in [-0.25, -0.2) is 0 Å². The molecule has 0 atom stereocenters. The minimum atomic E-state index is -0.674. The number of anilines is 1. The van der Waals surface area contributed by atoms with Crippen LogP contribution in [0.4, 0.5) is 17.1 Å². The molecular weight excluding hydrogens is 268 g/mol. The fourth-order valence-corrected chi connectivity index (χ4v) is 1.59. The van der Waals surface area contributed by atoms with E-state index in [9.17, 15) is 20.2 Å². The second-order valence-electron chi connectivity index (χ2n) is 3.81. The van der Waals surface area contributed by atoms with Crippen molar-refractivity contribution in [2.24, 2.45) is 0 Å². The minimum absolute atomic E-state index is 0.223.